The maximum absolute atomic E-state index is 13.8. The standard InChI is InChI=1S/C19H23BrFN3O3/c1-12-15(21)8-7-13(18(12)20)10-16-14(19(25)23(2)26-3)11-24(22-16)17-6-4-5-9-27-17/h7-8,11,17H,4-6,9-10H2,1-3H3. The fraction of sp³-hybridized carbons (Fsp3) is 0.474. The van der Waals surface area contributed by atoms with Crippen LogP contribution >= 0.6 is 15.9 Å². The quantitative estimate of drug-likeness (QED) is 0.660. The maximum Gasteiger partial charge on any atom is 0.280 e. The van der Waals surface area contributed by atoms with Crippen molar-refractivity contribution in [1.29, 1.82) is 0 Å². The Morgan fingerprint density at radius 3 is 2.93 bits per heavy atom. The molecule has 0 bridgehead atoms. The lowest BCUT2D eigenvalue weighted by Crippen LogP contribution is -2.26. The molecule has 1 aromatic heterocycles. The Kier molecular flexibility index (Phi) is 6.29. The number of benzene rings is 1. The van der Waals surface area contributed by atoms with Gasteiger partial charge in [-0.3, -0.25) is 9.63 Å². The molecule has 1 fully saturated rings. The first-order valence-electron chi connectivity index (χ1n) is 8.87. The third kappa shape index (κ3) is 4.23. The smallest absolute Gasteiger partial charge is 0.280 e. The third-order valence-electron chi connectivity index (χ3n) is 4.81. The van der Waals surface area contributed by atoms with Crippen LogP contribution in [0.3, 0.4) is 0 Å². The molecule has 6 nitrogen and oxygen atoms in total. The van der Waals surface area contributed by atoms with Crippen molar-refractivity contribution in [3.8, 4) is 0 Å². The van der Waals surface area contributed by atoms with E-state index in [1.54, 1.807) is 30.9 Å². The molecule has 0 aliphatic carbocycles. The molecule has 2 aromatic rings. The average Bonchev–Trinajstić information content (AvgIpc) is 3.11. The van der Waals surface area contributed by atoms with Gasteiger partial charge < -0.3 is 4.74 Å². The van der Waals surface area contributed by atoms with Crippen LogP contribution in [-0.4, -0.2) is 41.5 Å². The molecule has 1 aliphatic rings. The minimum absolute atomic E-state index is 0.176. The molecule has 0 radical (unpaired) electrons. The summed E-state index contributed by atoms with van der Waals surface area (Å²) in [5.74, 6) is -0.563. The van der Waals surface area contributed by atoms with E-state index < -0.39 is 0 Å². The van der Waals surface area contributed by atoms with Crippen LogP contribution < -0.4 is 0 Å². The van der Waals surface area contributed by atoms with Crippen LogP contribution in [0.2, 0.25) is 0 Å². The number of halogens is 2. The molecule has 2 heterocycles. The van der Waals surface area contributed by atoms with Gasteiger partial charge in [0.2, 0.25) is 0 Å². The Labute approximate surface area is 166 Å². The van der Waals surface area contributed by atoms with Crippen molar-refractivity contribution in [2.45, 2.75) is 38.8 Å². The number of ether oxygens (including phenoxy) is 1. The molecule has 27 heavy (non-hydrogen) atoms. The van der Waals surface area contributed by atoms with Gasteiger partial charge in [0.15, 0.2) is 0 Å². The molecule has 146 valence electrons. The SMILES string of the molecule is CON(C)C(=O)c1cn(C2CCCCO2)nc1Cc1ccc(F)c(C)c1Br. The highest BCUT2D eigenvalue weighted by Crippen LogP contribution is 2.28. The van der Waals surface area contributed by atoms with E-state index in [4.69, 9.17) is 9.57 Å². The van der Waals surface area contributed by atoms with Gasteiger partial charge in [-0.25, -0.2) is 14.1 Å². The van der Waals surface area contributed by atoms with Crippen molar-refractivity contribution < 1.29 is 18.8 Å². The van der Waals surface area contributed by atoms with Gasteiger partial charge in [-0.2, -0.15) is 5.10 Å². The number of carbonyl (C=O) groups is 1. The molecule has 1 aliphatic heterocycles. The van der Waals surface area contributed by atoms with E-state index in [0.29, 0.717) is 34.3 Å². The molecular weight excluding hydrogens is 417 g/mol. The predicted octanol–water partition coefficient (Wildman–Crippen LogP) is 4.02. The Hall–Kier alpha value is -1.77. The number of rotatable bonds is 5. The van der Waals surface area contributed by atoms with Crippen molar-refractivity contribution in [3.05, 3.63) is 51.0 Å². The molecule has 1 atom stereocenters. The highest BCUT2D eigenvalue weighted by atomic mass is 79.9. The van der Waals surface area contributed by atoms with Crippen molar-refractivity contribution in [2.24, 2.45) is 0 Å². The van der Waals surface area contributed by atoms with Crippen molar-refractivity contribution in [2.75, 3.05) is 20.8 Å². The number of nitrogens with zero attached hydrogens (tertiary/aromatic N) is 3. The van der Waals surface area contributed by atoms with E-state index in [1.807, 2.05) is 0 Å². The predicted molar refractivity (Wildman–Crippen MR) is 102 cm³/mol. The zero-order valence-corrected chi connectivity index (χ0v) is 17.3. The third-order valence-corrected chi connectivity index (χ3v) is 5.91. The summed E-state index contributed by atoms with van der Waals surface area (Å²) in [6.07, 6.45) is 4.88. The molecule has 0 N–H and O–H groups in total. The van der Waals surface area contributed by atoms with Gasteiger partial charge in [0.05, 0.1) is 18.4 Å². The number of hydrogen-bond donors (Lipinski definition) is 0. The molecule has 1 amide bonds. The van der Waals surface area contributed by atoms with Crippen LogP contribution in [0.5, 0.6) is 0 Å². The Morgan fingerprint density at radius 1 is 1.48 bits per heavy atom. The number of carbonyl (C=O) groups excluding carboxylic acids is 1. The van der Waals surface area contributed by atoms with Crippen LogP contribution in [0, 0.1) is 12.7 Å². The fourth-order valence-electron chi connectivity index (χ4n) is 3.11. The van der Waals surface area contributed by atoms with Crippen LogP contribution in [-0.2, 0) is 16.0 Å². The summed E-state index contributed by atoms with van der Waals surface area (Å²) in [4.78, 5) is 17.8. The lowest BCUT2D eigenvalue weighted by Gasteiger charge is -2.22. The lowest BCUT2D eigenvalue weighted by molar-refractivity contribution is -0.0758. The van der Waals surface area contributed by atoms with Gasteiger partial charge in [0, 0.05) is 30.7 Å². The molecule has 1 saturated heterocycles. The monoisotopic (exact) mass is 439 g/mol. The van der Waals surface area contributed by atoms with Gasteiger partial charge in [0.1, 0.15) is 12.0 Å². The number of amides is 1. The van der Waals surface area contributed by atoms with E-state index in [2.05, 4.69) is 21.0 Å². The molecule has 0 spiro atoms. The minimum atomic E-state index is -0.287. The topological polar surface area (TPSA) is 56.6 Å². The molecule has 3 rings (SSSR count). The highest BCUT2D eigenvalue weighted by molar-refractivity contribution is 9.10. The largest absolute Gasteiger partial charge is 0.357 e. The van der Waals surface area contributed by atoms with Crippen LogP contribution in [0.25, 0.3) is 0 Å². The summed E-state index contributed by atoms with van der Waals surface area (Å²) in [5, 5.41) is 5.80. The summed E-state index contributed by atoms with van der Waals surface area (Å²) in [6.45, 7) is 2.39. The van der Waals surface area contributed by atoms with Gasteiger partial charge in [-0.1, -0.05) is 22.0 Å². The second-order valence-electron chi connectivity index (χ2n) is 6.60. The second kappa shape index (κ2) is 8.50. The molecule has 8 heteroatoms. The van der Waals surface area contributed by atoms with Crippen molar-refractivity contribution >= 4 is 21.8 Å². The van der Waals surface area contributed by atoms with Gasteiger partial charge in [-0.05, 0) is 43.4 Å². The van der Waals surface area contributed by atoms with Gasteiger partial charge >= 0.3 is 0 Å². The minimum Gasteiger partial charge on any atom is -0.357 e. The maximum atomic E-state index is 13.8. The van der Waals surface area contributed by atoms with E-state index in [9.17, 15) is 9.18 Å². The lowest BCUT2D eigenvalue weighted by atomic mass is 10.0. The van der Waals surface area contributed by atoms with Crippen LogP contribution in [0.1, 0.15) is 52.7 Å². The Balaban J connectivity index is 1.98. The zero-order valence-electron chi connectivity index (χ0n) is 15.7. The number of hydroxylamine groups is 2. The van der Waals surface area contributed by atoms with E-state index in [1.165, 1.54) is 13.2 Å². The van der Waals surface area contributed by atoms with Crippen molar-refractivity contribution in [1.82, 2.24) is 14.8 Å². The summed E-state index contributed by atoms with van der Waals surface area (Å²) in [6, 6.07) is 3.14. The summed E-state index contributed by atoms with van der Waals surface area (Å²) < 4.78 is 22.0. The molecular formula is C19H23BrFN3O3. The van der Waals surface area contributed by atoms with E-state index in [0.717, 1.165) is 29.9 Å². The number of aromatic nitrogens is 2. The normalized spacial score (nSPS) is 17.1. The Morgan fingerprint density at radius 2 is 2.26 bits per heavy atom. The first-order valence-corrected chi connectivity index (χ1v) is 9.67. The van der Waals surface area contributed by atoms with Gasteiger partial charge in [0.25, 0.3) is 5.91 Å². The molecule has 1 unspecified atom stereocenters. The molecule has 1 aromatic carbocycles. The first-order chi connectivity index (χ1) is 12.9. The second-order valence-corrected chi connectivity index (χ2v) is 7.39. The average molecular weight is 440 g/mol. The summed E-state index contributed by atoms with van der Waals surface area (Å²) in [7, 11) is 2.99. The first kappa shape index (κ1) is 20.0. The van der Waals surface area contributed by atoms with Crippen LogP contribution in [0.15, 0.2) is 22.8 Å². The number of hydrogen-bond acceptors (Lipinski definition) is 4. The van der Waals surface area contributed by atoms with E-state index >= 15 is 0 Å². The molecule has 0 saturated carbocycles. The van der Waals surface area contributed by atoms with Gasteiger partial charge in [-0.15, -0.1) is 0 Å². The summed E-state index contributed by atoms with van der Waals surface area (Å²) in [5.41, 5.74) is 2.44. The highest BCUT2D eigenvalue weighted by Gasteiger charge is 2.25. The summed E-state index contributed by atoms with van der Waals surface area (Å²) >= 11 is 3.46. The van der Waals surface area contributed by atoms with Crippen molar-refractivity contribution in [3.63, 3.8) is 0 Å². The fourth-order valence-corrected chi connectivity index (χ4v) is 3.57. The van der Waals surface area contributed by atoms with Crippen LogP contribution in [0.4, 0.5) is 4.39 Å². The zero-order chi connectivity index (χ0) is 19.6. The van der Waals surface area contributed by atoms with E-state index in [-0.39, 0.29) is 18.0 Å². The Bertz CT molecular complexity index is 834.